The predicted molar refractivity (Wildman–Crippen MR) is 72.7 cm³/mol. The molecule has 20 heavy (non-hydrogen) atoms. The fourth-order valence-electron chi connectivity index (χ4n) is 1.95. The van der Waals surface area contributed by atoms with E-state index >= 15 is 0 Å². The van der Waals surface area contributed by atoms with Crippen molar-refractivity contribution in [2.75, 3.05) is 0 Å². The molecule has 0 aliphatic carbocycles. The Bertz CT molecular complexity index is 570. The van der Waals surface area contributed by atoms with Crippen LogP contribution < -0.4 is 5.32 Å². The van der Waals surface area contributed by atoms with Gasteiger partial charge in [0.05, 0.1) is 0 Å². The van der Waals surface area contributed by atoms with E-state index in [0.29, 0.717) is 5.56 Å². The molecule has 1 unspecified atom stereocenters. The number of hydrogen-bond acceptors (Lipinski definition) is 1. The van der Waals surface area contributed by atoms with E-state index in [1.807, 2.05) is 38.1 Å². The molecule has 0 aromatic heterocycles. The Morgan fingerprint density at radius 3 is 2.10 bits per heavy atom. The Morgan fingerprint density at radius 2 is 1.55 bits per heavy atom. The summed E-state index contributed by atoms with van der Waals surface area (Å²) in [7, 11) is 0. The van der Waals surface area contributed by atoms with Gasteiger partial charge in [0.2, 0.25) is 0 Å². The molecule has 0 saturated heterocycles. The highest BCUT2D eigenvalue weighted by Gasteiger charge is 2.11. The summed E-state index contributed by atoms with van der Waals surface area (Å²) in [6.45, 7) is 4.23. The quantitative estimate of drug-likeness (QED) is 0.824. The zero-order valence-electron chi connectivity index (χ0n) is 11.4. The van der Waals surface area contributed by atoms with Gasteiger partial charge in [-0.15, -0.1) is 0 Å². The summed E-state index contributed by atoms with van der Waals surface area (Å²) in [6.07, 6.45) is 0. The van der Waals surface area contributed by atoms with Gasteiger partial charge in [-0.05, 0) is 37.1 Å². The van der Waals surface area contributed by atoms with Gasteiger partial charge < -0.3 is 5.32 Å². The van der Waals surface area contributed by atoms with E-state index in [2.05, 4.69) is 5.32 Å². The van der Waals surface area contributed by atoms with Crippen molar-refractivity contribution in [1.82, 2.24) is 5.32 Å². The number of halogens is 3. The minimum Gasteiger partial charge on any atom is -0.306 e. The fraction of sp³-hybridized carbons (Fsp3) is 0.250. The molecule has 0 aliphatic heterocycles. The second-order valence-corrected chi connectivity index (χ2v) is 4.89. The lowest BCUT2D eigenvalue weighted by molar-refractivity contribution is 0.443. The van der Waals surface area contributed by atoms with Crippen LogP contribution in [0.15, 0.2) is 36.4 Å². The number of hydrogen-bond donors (Lipinski definition) is 1. The van der Waals surface area contributed by atoms with E-state index < -0.39 is 17.5 Å². The van der Waals surface area contributed by atoms with Crippen molar-refractivity contribution in [3.8, 4) is 0 Å². The van der Waals surface area contributed by atoms with Gasteiger partial charge >= 0.3 is 0 Å². The first-order chi connectivity index (χ1) is 9.47. The summed E-state index contributed by atoms with van der Waals surface area (Å²) in [5.41, 5.74) is 2.63. The Morgan fingerprint density at radius 1 is 1.00 bits per heavy atom. The van der Waals surface area contributed by atoms with Gasteiger partial charge in [-0.25, -0.2) is 13.2 Å². The van der Waals surface area contributed by atoms with Crippen LogP contribution >= 0.6 is 0 Å². The van der Waals surface area contributed by atoms with Crippen molar-refractivity contribution in [3.63, 3.8) is 0 Å². The monoisotopic (exact) mass is 279 g/mol. The average Bonchev–Trinajstić information content (AvgIpc) is 2.42. The van der Waals surface area contributed by atoms with Gasteiger partial charge in [0.25, 0.3) is 0 Å². The lowest BCUT2D eigenvalue weighted by Crippen LogP contribution is -2.18. The average molecular weight is 279 g/mol. The number of aryl methyl sites for hydroxylation is 1. The van der Waals surface area contributed by atoms with Crippen LogP contribution in [0.5, 0.6) is 0 Å². The molecule has 0 fully saturated rings. The van der Waals surface area contributed by atoms with E-state index in [4.69, 9.17) is 0 Å². The molecule has 0 heterocycles. The number of benzene rings is 2. The maximum absolute atomic E-state index is 13.1. The Kier molecular flexibility index (Phi) is 4.45. The van der Waals surface area contributed by atoms with Crippen molar-refractivity contribution < 1.29 is 13.2 Å². The zero-order valence-corrected chi connectivity index (χ0v) is 11.4. The van der Waals surface area contributed by atoms with E-state index in [1.54, 1.807) is 0 Å². The topological polar surface area (TPSA) is 12.0 Å². The molecule has 2 aromatic carbocycles. The Hall–Kier alpha value is -1.81. The fourth-order valence-corrected chi connectivity index (χ4v) is 1.95. The first-order valence-corrected chi connectivity index (χ1v) is 6.40. The summed E-state index contributed by atoms with van der Waals surface area (Å²) >= 11 is 0. The van der Waals surface area contributed by atoms with E-state index in [0.717, 1.165) is 17.7 Å². The van der Waals surface area contributed by atoms with Crippen molar-refractivity contribution in [3.05, 3.63) is 70.5 Å². The summed E-state index contributed by atoms with van der Waals surface area (Å²) in [5.74, 6) is -3.75. The molecule has 0 radical (unpaired) electrons. The molecule has 1 nitrogen and oxygen atoms in total. The first kappa shape index (κ1) is 14.6. The number of rotatable bonds is 4. The van der Waals surface area contributed by atoms with Gasteiger partial charge in [-0.2, -0.15) is 0 Å². The van der Waals surface area contributed by atoms with Crippen molar-refractivity contribution in [1.29, 1.82) is 0 Å². The third-order valence-electron chi connectivity index (χ3n) is 3.23. The zero-order chi connectivity index (χ0) is 14.7. The van der Waals surface area contributed by atoms with Crippen LogP contribution in [0.25, 0.3) is 0 Å². The maximum Gasteiger partial charge on any atom is 0.194 e. The maximum atomic E-state index is 13.1. The lowest BCUT2D eigenvalue weighted by Gasteiger charge is -2.15. The molecule has 4 heteroatoms. The van der Waals surface area contributed by atoms with Gasteiger partial charge in [-0.3, -0.25) is 0 Å². The number of nitrogens with one attached hydrogen (secondary N) is 1. The van der Waals surface area contributed by atoms with E-state index in [1.165, 1.54) is 5.56 Å². The Balaban J connectivity index is 2.03. The van der Waals surface area contributed by atoms with Gasteiger partial charge in [0.1, 0.15) is 0 Å². The van der Waals surface area contributed by atoms with Gasteiger partial charge in [-0.1, -0.05) is 29.8 Å². The highest BCUT2D eigenvalue weighted by atomic mass is 19.2. The highest BCUT2D eigenvalue weighted by Crippen LogP contribution is 2.16. The highest BCUT2D eigenvalue weighted by molar-refractivity contribution is 5.24. The minimum absolute atomic E-state index is 0.0341. The minimum atomic E-state index is -1.43. The molecule has 106 valence electrons. The Labute approximate surface area is 116 Å². The van der Waals surface area contributed by atoms with E-state index in [9.17, 15) is 13.2 Å². The largest absolute Gasteiger partial charge is 0.306 e. The van der Waals surface area contributed by atoms with Crippen LogP contribution in [0.4, 0.5) is 13.2 Å². The molecule has 0 aliphatic rings. The van der Waals surface area contributed by atoms with Crippen molar-refractivity contribution in [2.45, 2.75) is 26.4 Å². The normalized spacial score (nSPS) is 12.4. The molecule has 0 spiro atoms. The van der Waals surface area contributed by atoms with Gasteiger partial charge in [0, 0.05) is 12.6 Å². The second kappa shape index (κ2) is 6.09. The molecule has 1 atom stereocenters. The molecule has 2 aromatic rings. The second-order valence-electron chi connectivity index (χ2n) is 4.89. The summed E-state index contributed by atoms with van der Waals surface area (Å²) in [5, 5.41) is 3.15. The standard InChI is InChI=1S/C16H16F3N/c1-10-3-5-13(6-4-10)11(2)20-9-12-7-14(17)16(19)15(18)8-12/h3-8,11,20H,9H2,1-2H3. The smallest absolute Gasteiger partial charge is 0.194 e. The predicted octanol–water partition coefficient (Wildman–Crippen LogP) is 4.26. The van der Waals surface area contributed by atoms with Crippen LogP contribution in [0.1, 0.15) is 29.7 Å². The SMILES string of the molecule is Cc1ccc(C(C)NCc2cc(F)c(F)c(F)c2)cc1. The van der Waals surface area contributed by atoms with Gasteiger partial charge in [0.15, 0.2) is 17.5 Å². The van der Waals surface area contributed by atoms with Crippen molar-refractivity contribution >= 4 is 0 Å². The first-order valence-electron chi connectivity index (χ1n) is 6.40. The molecule has 1 N–H and O–H groups in total. The summed E-state index contributed by atoms with van der Waals surface area (Å²) in [4.78, 5) is 0. The van der Waals surface area contributed by atoms with Crippen LogP contribution in [0.2, 0.25) is 0 Å². The van der Waals surface area contributed by atoms with Crippen LogP contribution in [0, 0.1) is 24.4 Å². The lowest BCUT2D eigenvalue weighted by atomic mass is 10.1. The molecule has 0 saturated carbocycles. The van der Waals surface area contributed by atoms with Crippen LogP contribution in [-0.2, 0) is 6.54 Å². The molecule has 0 bridgehead atoms. The third kappa shape index (κ3) is 3.39. The molecule has 0 amide bonds. The van der Waals surface area contributed by atoms with E-state index in [-0.39, 0.29) is 12.6 Å². The summed E-state index contributed by atoms with van der Waals surface area (Å²) < 4.78 is 39.0. The molecular formula is C16H16F3N. The molecule has 2 rings (SSSR count). The summed E-state index contributed by atoms with van der Waals surface area (Å²) in [6, 6.07) is 10.1. The van der Waals surface area contributed by atoms with Crippen molar-refractivity contribution in [2.24, 2.45) is 0 Å². The third-order valence-corrected chi connectivity index (χ3v) is 3.23. The van der Waals surface area contributed by atoms with Crippen LogP contribution in [-0.4, -0.2) is 0 Å². The molecular weight excluding hydrogens is 263 g/mol. The van der Waals surface area contributed by atoms with Crippen LogP contribution in [0.3, 0.4) is 0 Å².